The standard InChI is InChI=1S/C62H117NO10/c1-3-5-7-9-11-13-15-17-19-20-21-22-23-24-25-26-27-28-29-30-31-32-33-34-36-37-39-41-43-45-47-49-54(65)57(67)53(52-72-62-60(70)59(69)58(68)56(51-64)73-62)63-61(71)55(66)50-48-46-44-42-40-38-35-18-16-14-12-10-8-6-4-2/h30-31,34,36,41,43,53-60,62,64-70H,3-29,32-33,35,37-40,42,44-52H2,1-2H3,(H,63,71)/b31-30+,36-34+,43-41+. The molecule has 0 radical (unpaired) electrons. The van der Waals surface area contributed by atoms with E-state index < -0.39 is 74.2 Å². The van der Waals surface area contributed by atoms with E-state index in [0.717, 1.165) is 44.9 Å². The lowest BCUT2D eigenvalue weighted by molar-refractivity contribution is -0.303. The summed E-state index contributed by atoms with van der Waals surface area (Å²) < 4.78 is 11.1. The van der Waals surface area contributed by atoms with Crippen LogP contribution in [0.4, 0.5) is 0 Å². The summed E-state index contributed by atoms with van der Waals surface area (Å²) in [5.74, 6) is -0.710. The molecule has 1 fully saturated rings. The van der Waals surface area contributed by atoms with Gasteiger partial charge in [-0.2, -0.15) is 0 Å². The first-order valence-electron chi connectivity index (χ1n) is 30.9. The molecule has 1 aliphatic rings. The third kappa shape index (κ3) is 39.4. The fourth-order valence-electron chi connectivity index (χ4n) is 9.89. The second-order valence-corrected chi connectivity index (χ2v) is 21.8. The van der Waals surface area contributed by atoms with Gasteiger partial charge in [0.25, 0.3) is 0 Å². The van der Waals surface area contributed by atoms with E-state index in [2.05, 4.69) is 55.6 Å². The molecule has 0 spiro atoms. The molecule has 8 N–H and O–H groups in total. The number of carbonyl (C=O) groups is 1. The first kappa shape index (κ1) is 69.3. The molecule has 1 saturated heterocycles. The van der Waals surface area contributed by atoms with Crippen molar-refractivity contribution >= 4 is 5.91 Å². The van der Waals surface area contributed by atoms with Gasteiger partial charge < -0.3 is 50.5 Å². The molecular weight excluding hydrogens is 919 g/mol. The van der Waals surface area contributed by atoms with E-state index in [1.807, 2.05) is 0 Å². The van der Waals surface area contributed by atoms with Gasteiger partial charge in [0.1, 0.15) is 36.6 Å². The second-order valence-electron chi connectivity index (χ2n) is 21.8. The number of aliphatic hydroxyl groups excluding tert-OH is 7. The Morgan fingerprint density at radius 3 is 1.22 bits per heavy atom. The predicted molar refractivity (Wildman–Crippen MR) is 302 cm³/mol. The highest BCUT2D eigenvalue weighted by molar-refractivity contribution is 5.80. The van der Waals surface area contributed by atoms with Gasteiger partial charge in [0.15, 0.2) is 6.29 Å². The molecule has 0 aromatic carbocycles. The number of nitrogens with one attached hydrogen (secondary N) is 1. The number of amides is 1. The third-order valence-corrected chi connectivity index (χ3v) is 14.9. The lowest BCUT2D eigenvalue weighted by atomic mass is 9.98. The first-order valence-corrected chi connectivity index (χ1v) is 30.9. The highest BCUT2D eigenvalue weighted by atomic mass is 16.7. The quantitative estimate of drug-likeness (QED) is 0.0215. The maximum atomic E-state index is 13.2. The molecule has 0 aromatic heterocycles. The normalized spacial score (nSPS) is 20.2. The Morgan fingerprint density at radius 2 is 0.822 bits per heavy atom. The van der Waals surface area contributed by atoms with Crippen molar-refractivity contribution in [2.75, 3.05) is 13.2 Å². The fraction of sp³-hybridized carbons (Fsp3) is 0.887. The lowest BCUT2D eigenvalue weighted by Gasteiger charge is -2.40. The van der Waals surface area contributed by atoms with E-state index in [-0.39, 0.29) is 12.8 Å². The van der Waals surface area contributed by atoms with Crippen molar-refractivity contribution in [3.8, 4) is 0 Å². The Hall–Kier alpha value is -1.67. The van der Waals surface area contributed by atoms with E-state index in [4.69, 9.17) is 9.47 Å². The van der Waals surface area contributed by atoms with Crippen LogP contribution in [0.15, 0.2) is 36.5 Å². The first-order chi connectivity index (χ1) is 35.7. The van der Waals surface area contributed by atoms with Crippen LogP contribution in [-0.4, -0.2) is 110 Å². The van der Waals surface area contributed by atoms with Crippen molar-refractivity contribution in [3.05, 3.63) is 36.5 Å². The summed E-state index contributed by atoms with van der Waals surface area (Å²) in [4.78, 5) is 13.2. The van der Waals surface area contributed by atoms with Crippen LogP contribution in [-0.2, 0) is 14.3 Å². The zero-order chi connectivity index (χ0) is 53.3. The van der Waals surface area contributed by atoms with Crippen molar-refractivity contribution in [2.45, 2.75) is 339 Å². The van der Waals surface area contributed by atoms with Crippen LogP contribution >= 0.6 is 0 Å². The number of rotatable bonds is 53. The number of hydrogen-bond donors (Lipinski definition) is 8. The van der Waals surface area contributed by atoms with Gasteiger partial charge in [-0.25, -0.2) is 0 Å². The van der Waals surface area contributed by atoms with Crippen molar-refractivity contribution < 1.29 is 50.0 Å². The number of ether oxygens (including phenoxy) is 2. The average molecular weight is 1040 g/mol. The summed E-state index contributed by atoms with van der Waals surface area (Å²) in [5, 5.41) is 76.1. The zero-order valence-electron chi connectivity index (χ0n) is 47.1. The van der Waals surface area contributed by atoms with Gasteiger partial charge in [0, 0.05) is 0 Å². The number of aliphatic hydroxyl groups is 7. The molecule has 1 aliphatic heterocycles. The van der Waals surface area contributed by atoms with Crippen molar-refractivity contribution in [3.63, 3.8) is 0 Å². The van der Waals surface area contributed by atoms with Crippen LogP contribution in [0.5, 0.6) is 0 Å². The molecule has 0 aliphatic carbocycles. The maximum absolute atomic E-state index is 13.2. The molecule has 11 heteroatoms. The highest BCUT2D eigenvalue weighted by Crippen LogP contribution is 2.23. The van der Waals surface area contributed by atoms with Gasteiger partial charge >= 0.3 is 0 Å². The summed E-state index contributed by atoms with van der Waals surface area (Å²) in [7, 11) is 0. The highest BCUT2D eigenvalue weighted by Gasteiger charge is 2.44. The fourth-order valence-corrected chi connectivity index (χ4v) is 9.89. The van der Waals surface area contributed by atoms with Crippen molar-refractivity contribution in [1.82, 2.24) is 5.32 Å². The van der Waals surface area contributed by atoms with Gasteiger partial charge in [-0.15, -0.1) is 0 Å². The number of hydrogen-bond acceptors (Lipinski definition) is 10. The molecule has 9 atom stereocenters. The van der Waals surface area contributed by atoms with Crippen LogP contribution in [0.25, 0.3) is 0 Å². The van der Waals surface area contributed by atoms with Crippen LogP contribution in [0.1, 0.15) is 284 Å². The van der Waals surface area contributed by atoms with Gasteiger partial charge in [-0.05, 0) is 64.2 Å². The van der Waals surface area contributed by atoms with E-state index >= 15 is 0 Å². The Morgan fingerprint density at radius 1 is 0.466 bits per heavy atom. The summed E-state index contributed by atoms with van der Waals surface area (Å²) in [6, 6.07) is -1.19. The Kier molecular flexibility index (Phi) is 48.5. The molecule has 0 saturated carbocycles. The van der Waals surface area contributed by atoms with Crippen LogP contribution in [0.3, 0.4) is 0 Å². The van der Waals surface area contributed by atoms with Gasteiger partial charge in [0.2, 0.25) is 5.91 Å². The molecule has 11 nitrogen and oxygen atoms in total. The molecular formula is C62H117NO10. The molecule has 9 unspecified atom stereocenters. The summed E-state index contributed by atoms with van der Waals surface area (Å²) in [6.07, 6.45) is 52.2. The Balaban J connectivity index is 2.27. The molecule has 1 heterocycles. The number of allylic oxidation sites excluding steroid dienone is 6. The zero-order valence-corrected chi connectivity index (χ0v) is 47.1. The number of unbranched alkanes of at least 4 members (excludes halogenated alkanes) is 35. The van der Waals surface area contributed by atoms with Gasteiger partial charge in [-0.3, -0.25) is 4.79 Å². The molecule has 0 bridgehead atoms. The van der Waals surface area contributed by atoms with E-state index in [1.165, 1.54) is 193 Å². The molecule has 73 heavy (non-hydrogen) atoms. The third-order valence-electron chi connectivity index (χ3n) is 14.9. The average Bonchev–Trinajstić information content (AvgIpc) is 3.39. The van der Waals surface area contributed by atoms with Crippen LogP contribution in [0, 0.1) is 0 Å². The van der Waals surface area contributed by atoms with E-state index in [0.29, 0.717) is 19.3 Å². The number of carbonyl (C=O) groups excluding carboxylic acids is 1. The minimum absolute atomic E-state index is 0.243. The monoisotopic (exact) mass is 1040 g/mol. The second kappa shape index (κ2) is 51.1. The van der Waals surface area contributed by atoms with Crippen LogP contribution < -0.4 is 5.32 Å². The summed E-state index contributed by atoms with van der Waals surface area (Å²) in [6.45, 7) is 3.46. The van der Waals surface area contributed by atoms with E-state index in [1.54, 1.807) is 0 Å². The maximum Gasteiger partial charge on any atom is 0.249 e. The summed E-state index contributed by atoms with van der Waals surface area (Å²) in [5.41, 5.74) is 0. The molecule has 1 rings (SSSR count). The lowest BCUT2D eigenvalue weighted by Crippen LogP contribution is -2.60. The van der Waals surface area contributed by atoms with Crippen molar-refractivity contribution in [1.29, 1.82) is 0 Å². The van der Waals surface area contributed by atoms with Gasteiger partial charge in [-0.1, -0.05) is 256 Å². The minimum atomic E-state index is -1.67. The molecule has 0 aromatic rings. The SMILES string of the molecule is CCCCCCCCCCCCCCCCCCCC/C=C/CC/C=C/CC/C=C/CCCC(O)C(O)C(COC1OC(CO)C(O)C(O)C1O)NC(=O)C(O)CCCCCCCCCCCCCCCCC. The van der Waals surface area contributed by atoms with Gasteiger partial charge in [0.05, 0.1) is 25.4 Å². The summed E-state index contributed by atoms with van der Waals surface area (Å²) >= 11 is 0. The van der Waals surface area contributed by atoms with E-state index in [9.17, 15) is 40.5 Å². The predicted octanol–water partition coefficient (Wildman–Crippen LogP) is 13.5. The largest absolute Gasteiger partial charge is 0.394 e. The van der Waals surface area contributed by atoms with Crippen molar-refractivity contribution in [2.24, 2.45) is 0 Å². The topological polar surface area (TPSA) is 189 Å². The minimum Gasteiger partial charge on any atom is -0.394 e. The molecule has 430 valence electrons. The Bertz CT molecular complexity index is 1280. The van der Waals surface area contributed by atoms with Crippen LogP contribution in [0.2, 0.25) is 0 Å². The Labute approximate surface area is 447 Å². The smallest absolute Gasteiger partial charge is 0.249 e. The molecule has 1 amide bonds.